The Morgan fingerprint density at radius 1 is 1.33 bits per heavy atom. The van der Waals surface area contributed by atoms with Gasteiger partial charge in [0.15, 0.2) is 0 Å². The highest BCUT2D eigenvalue weighted by molar-refractivity contribution is 5.88. The molecule has 2 heterocycles. The zero-order chi connectivity index (χ0) is 15.1. The normalized spacial score (nSPS) is 16.2. The van der Waals surface area contributed by atoms with Crippen LogP contribution >= 0.6 is 0 Å². The molecule has 7 heteroatoms. The van der Waals surface area contributed by atoms with E-state index >= 15 is 0 Å². The summed E-state index contributed by atoms with van der Waals surface area (Å²) in [6.07, 6.45) is 3.31. The Bertz CT molecular complexity index is 472. The topological polar surface area (TPSA) is 86.4 Å². The smallest absolute Gasteiger partial charge is 0.320 e. The number of urea groups is 1. The number of pyridine rings is 1. The van der Waals surface area contributed by atoms with Crippen molar-refractivity contribution < 1.29 is 9.59 Å². The number of nitrogens with zero attached hydrogens (tertiary/aromatic N) is 2. The molecule has 0 aromatic carbocycles. The summed E-state index contributed by atoms with van der Waals surface area (Å²) in [5.41, 5.74) is 0. The summed E-state index contributed by atoms with van der Waals surface area (Å²) in [4.78, 5) is 29.3. The van der Waals surface area contributed by atoms with E-state index in [1.165, 1.54) is 0 Å². The first-order valence-electron chi connectivity index (χ1n) is 7.09. The maximum absolute atomic E-state index is 11.8. The van der Waals surface area contributed by atoms with Crippen molar-refractivity contribution in [1.29, 1.82) is 0 Å². The first-order chi connectivity index (χ1) is 10.2. The van der Waals surface area contributed by atoms with Gasteiger partial charge in [-0.05, 0) is 25.0 Å². The Labute approximate surface area is 124 Å². The maximum atomic E-state index is 11.8. The van der Waals surface area contributed by atoms with Gasteiger partial charge in [-0.2, -0.15) is 0 Å². The largest absolute Gasteiger partial charge is 0.358 e. The lowest BCUT2D eigenvalue weighted by atomic mass is 10.1. The van der Waals surface area contributed by atoms with Crippen molar-refractivity contribution in [2.24, 2.45) is 0 Å². The standard InChI is InChI=1S/C14H21N5O2/c1-15-13(20)10-19-8-5-11(6-9-19)17-14(21)18-12-4-2-3-7-16-12/h2-4,7,11H,5-6,8-10H2,1H3,(H,15,20)(H2,16,17,18,21). The van der Waals surface area contributed by atoms with Crippen molar-refractivity contribution >= 4 is 17.8 Å². The molecule has 1 aliphatic rings. The second-order valence-corrected chi connectivity index (χ2v) is 5.04. The predicted molar refractivity (Wildman–Crippen MR) is 79.9 cm³/mol. The van der Waals surface area contributed by atoms with Gasteiger partial charge >= 0.3 is 6.03 Å². The monoisotopic (exact) mass is 291 g/mol. The molecule has 21 heavy (non-hydrogen) atoms. The van der Waals surface area contributed by atoms with Crippen LogP contribution < -0.4 is 16.0 Å². The van der Waals surface area contributed by atoms with E-state index in [2.05, 4.69) is 25.8 Å². The van der Waals surface area contributed by atoms with Gasteiger partial charge in [-0.1, -0.05) is 6.07 Å². The minimum Gasteiger partial charge on any atom is -0.358 e. The molecule has 114 valence electrons. The molecule has 0 bridgehead atoms. The second-order valence-electron chi connectivity index (χ2n) is 5.04. The summed E-state index contributed by atoms with van der Waals surface area (Å²) in [6.45, 7) is 2.03. The number of nitrogens with one attached hydrogen (secondary N) is 3. The van der Waals surface area contributed by atoms with Gasteiger partial charge in [0, 0.05) is 32.4 Å². The molecule has 1 aromatic heterocycles. The number of hydrogen-bond acceptors (Lipinski definition) is 4. The molecule has 3 amide bonds. The van der Waals surface area contributed by atoms with Crippen molar-refractivity contribution in [3.63, 3.8) is 0 Å². The molecule has 1 saturated heterocycles. The molecule has 1 fully saturated rings. The first kappa shape index (κ1) is 15.2. The highest BCUT2D eigenvalue weighted by Gasteiger charge is 2.21. The third-order valence-electron chi connectivity index (χ3n) is 3.48. The molecular formula is C14H21N5O2. The van der Waals surface area contributed by atoms with E-state index in [-0.39, 0.29) is 18.0 Å². The first-order valence-corrected chi connectivity index (χ1v) is 7.09. The van der Waals surface area contributed by atoms with E-state index in [0.717, 1.165) is 25.9 Å². The molecule has 7 nitrogen and oxygen atoms in total. The van der Waals surface area contributed by atoms with Crippen LogP contribution in [0.3, 0.4) is 0 Å². The van der Waals surface area contributed by atoms with E-state index in [1.54, 1.807) is 25.4 Å². The van der Waals surface area contributed by atoms with Crippen LogP contribution in [0.4, 0.5) is 10.6 Å². The average molecular weight is 291 g/mol. The number of piperidine rings is 1. The minimum absolute atomic E-state index is 0.0225. The predicted octanol–water partition coefficient (Wildman–Crippen LogP) is 0.414. The summed E-state index contributed by atoms with van der Waals surface area (Å²) >= 11 is 0. The van der Waals surface area contributed by atoms with Crippen LogP contribution in [0.25, 0.3) is 0 Å². The molecule has 0 unspecified atom stereocenters. The maximum Gasteiger partial charge on any atom is 0.320 e. The number of aromatic nitrogens is 1. The van der Waals surface area contributed by atoms with Crippen molar-refractivity contribution in [1.82, 2.24) is 20.5 Å². The molecule has 1 aliphatic heterocycles. The lowest BCUT2D eigenvalue weighted by Crippen LogP contribution is -2.48. The fourth-order valence-corrected chi connectivity index (χ4v) is 2.29. The van der Waals surface area contributed by atoms with E-state index in [9.17, 15) is 9.59 Å². The Morgan fingerprint density at radius 3 is 2.71 bits per heavy atom. The third-order valence-corrected chi connectivity index (χ3v) is 3.48. The van der Waals surface area contributed by atoms with E-state index in [1.807, 2.05) is 6.07 Å². The molecule has 0 spiro atoms. The summed E-state index contributed by atoms with van der Waals surface area (Å²) in [6, 6.07) is 5.25. The lowest BCUT2D eigenvalue weighted by molar-refractivity contribution is -0.122. The number of amides is 3. The molecule has 0 aliphatic carbocycles. The molecule has 0 radical (unpaired) electrons. The molecule has 1 aromatic rings. The molecule has 0 saturated carbocycles. The van der Waals surface area contributed by atoms with Gasteiger partial charge in [0.1, 0.15) is 5.82 Å². The van der Waals surface area contributed by atoms with Gasteiger partial charge in [0.25, 0.3) is 0 Å². The number of likely N-dealkylation sites (N-methyl/N-ethyl adjacent to an activating group) is 1. The summed E-state index contributed by atoms with van der Waals surface area (Å²) in [5.74, 6) is 0.557. The molecular weight excluding hydrogens is 270 g/mol. The van der Waals surface area contributed by atoms with Gasteiger partial charge in [-0.15, -0.1) is 0 Å². The van der Waals surface area contributed by atoms with Crippen LogP contribution in [0, 0.1) is 0 Å². The van der Waals surface area contributed by atoms with Gasteiger partial charge in [-0.25, -0.2) is 9.78 Å². The zero-order valence-corrected chi connectivity index (χ0v) is 12.1. The van der Waals surface area contributed by atoms with Crippen molar-refractivity contribution in [3.8, 4) is 0 Å². The fraction of sp³-hybridized carbons (Fsp3) is 0.500. The minimum atomic E-state index is -0.238. The Balaban J connectivity index is 1.71. The number of rotatable bonds is 4. The molecule has 2 rings (SSSR count). The van der Waals surface area contributed by atoms with Gasteiger partial charge < -0.3 is 10.6 Å². The van der Waals surface area contributed by atoms with Gasteiger partial charge in [0.2, 0.25) is 5.91 Å². The number of carbonyl (C=O) groups is 2. The zero-order valence-electron chi connectivity index (χ0n) is 12.1. The highest BCUT2D eigenvalue weighted by atomic mass is 16.2. The number of carbonyl (C=O) groups excluding carboxylic acids is 2. The SMILES string of the molecule is CNC(=O)CN1CCC(NC(=O)Nc2ccccn2)CC1. The van der Waals surface area contributed by atoms with Crippen LogP contribution in [-0.2, 0) is 4.79 Å². The summed E-state index contributed by atoms with van der Waals surface area (Å²) < 4.78 is 0. The Kier molecular flexibility index (Phi) is 5.51. The van der Waals surface area contributed by atoms with Crippen LogP contribution in [0.5, 0.6) is 0 Å². The quantitative estimate of drug-likeness (QED) is 0.750. The van der Waals surface area contributed by atoms with E-state index in [4.69, 9.17) is 0 Å². The molecule has 3 N–H and O–H groups in total. The van der Waals surface area contributed by atoms with Crippen molar-refractivity contribution in [2.75, 3.05) is 32.0 Å². The molecule has 0 atom stereocenters. The summed E-state index contributed by atoms with van der Waals surface area (Å²) in [7, 11) is 1.64. The highest BCUT2D eigenvalue weighted by Crippen LogP contribution is 2.10. The number of anilines is 1. The third kappa shape index (κ3) is 5.03. The fourth-order valence-electron chi connectivity index (χ4n) is 2.29. The van der Waals surface area contributed by atoms with Crippen LogP contribution in [-0.4, -0.2) is 54.5 Å². The van der Waals surface area contributed by atoms with Gasteiger partial charge in [-0.3, -0.25) is 15.0 Å². The average Bonchev–Trinajstić information content (AvgIpc) is 2.50. The summed E-state index contributed by atoms with van der Waals surface area (Å²) in [5, 5.41) is 8.26. The van der Waals surface area contributed by atoms with Crippen LogP contribution in [0.1, 0.15) is 12.8 Å². The van der Waals surface area contributed by atoms with E-state index < -0.39 is 0 Å². The van der Waals surface area contributed by atoms with Crippen molar-refractivity contribution in [2.45, 2.75) is 18.9 Å². The Morgan fingerprint density at radius 2 is 2.10 bits per heavy atom. The van der Waals surface area contributed by atoms with Crippen LogP contribution in [0.15, 0.2) is 24.4 Å². The van der Waals surface area contributed by atoms with Crippen LogP contribution in [0.2, 0.25) is 0 Å². The second kappa shape index (κ2) is 7.58. The number of likely N-dealkylation sites (tertiary alicyclic amines) is 1. The lowest BCUT2D eigenvalue weighted by Gasteiger charge is -2.31. The van der Waals surface area contributed by atoms with E-state index in [0.29, 0.717) is 12.4 Å². The Hall–Kier alpha value is -2.15. The van der Waals surface area contributed by atoms with Crippen molar-refractivity contribution in [3.05, 3.63) is 24.4 Å². The number of hydrogen-bond donors (Lipinski definition) is 3. The van der Waals surface area contributed by atoms with Gasteiger partial charge in [0.05, 0.1) is 6.54 Å².